The van der Waals surface area contributed by atoms with Gasteiger partial charge < -0.3 is 9.47 Å². The van der Waals surface area contributed by atoms with Gasteiger partial charge >= 0.3 is 0 Å². The molecule has 0 atom stereocenters. The van der Waals surface area contributed by atoms with Crippen molar-refractivity contribution in [3.63, 3.8) is 0 Å². The smallest absolute Gasteiger partial charge is 0.0562 e. The van der Waals surface area contributed by atoms with Crippen LogP contribution in [0.1, 0.15) is 0 Å². The Balaban J connectivity index is 1.09. The van der Waals surface area contributed by atoms with E-state index in [1.54, 1.807) is 0 Å². The van der Waals surface area contributed by atoms with Crippen LogP contribution in [0.5, 0.6) is 0 Å². The minimum atomic E-state index is 1.08. The molecule has 0 aliphatic rings. The van der Waals surface area contributed by atoms with Gasteiger partial charge in [0.25, 0.3) is 0 Å². The number of hydrogen-bond donors (Lipinski definition) is 0. The van der Waals surface area contributed by atoms with Gasteiger partial charge in [0.15, 0.2) is 0 Å². The van der Waals surface area contributed by atoms with Crippen molar-refractivity contribution in [1.82, 2.24) is 4.57 Å². The Kier molecular flexibility index (Phi) is 8.89. The molecule has 2 nitrogen and oxygen atoms in total. The number of anilines is 3. The van der Waals surface area contributed by atoms with Crippen molar-refractivity contribution in [2.45, 2.75) is 0 Å². The van der Waals surface area contributed by atoms with E-state index < -0.39 is 0 Å². The van der Waals surface area contributed by atoms with Crippen molar-refractivity contribution >= 4 is 82.0 Å². The lowest BCUT2D eigenvalue weighted by atomic mass is 9.85. The SMILES string of the molecule is c1ccc(-c2c(-c3ccccc3)c3cc(N(c4ccc(-c5cccc6ccccc56)cc4)c4ccc5c6ccccc6n(-c6cccc7ccccc67)c5c4)ccc3c3ccccc23)cc1. The van der Waals surface area contributed by atoms with E-state index in [9.17, 15) is 0 Å². The van der Waals surface area contributed by atoms with E-state index in [1.165, 1.54) is 98.4 Å². The summed E-state index contributed by atoms with van der Waals surface area (Å²) in [6, 6.07) is 93.4. The lowest BCUT2D eigenvalue weighted by Gasteiger charge is -2.27. The summed E-state index contributed by atoms with van der Waals surface area (Å²) in [7, 11) is 0. The summed E-state index contributed by atoms with van der Waals surface area (Å²) in [6.07, 6.45) is 0. The van der Waals surface area contributed by atoms with Crippen LogP contribution in [0.2, 0.25) is 0 Å². The van der Waals surface area contributed by atoms with Crippen LogP contribution >= 0.6 is 0 Å². The molecule has 0 unspecified atom stereocenters. The van der Waals surface area contributed by atoms with Crippen LogP contribution in [0.25, 0.3) is 104 Å². The molecule has 0 aliphatic carbocycles. The summed E-state index contributed by atoms with van der Waals surface area (Å²) in [6.45, 7) is 0. The molecule has 0 amide bonds. The molecule has 0 saturated heterocycles. The predicted molar refractivity (Wildman–Crippen MR) is 282 cm³/mol. The maximum Gasteiger partial charge on any atom is 0.0562 e. The van der Waals surface area contributed by atoms with E-state index in [-0.39, 0.29) is 0 Å². The fourth-order valence-corrected chi connectivity index (χ4v) is 10.6. The second kappa shape index (κ2) is 15.5. The van der Waals surface area contributed by atoms with Crippen LogP contribution in [-0.2, 0) is 0 Å². The van der Waals surface area contributed by atoms with Crippen LogP contribution in [0, 0.1) is 0 Å². The molecule has 1 aromatic heterocycles. The van der Waals surface area contributed by atoms with Gasteiger partial charge in [0, 0.05) is 33.2 Å². The summed E-state index contributed by atoms with van der Waals surface area (Å²) in [5, 5.41) is 12.3. The lowest BCUT2D eigenvalue weighted by molar-refractivity contribution is 1.19. The van der Waals surface area contributed by atoms with Gasteiger partial charge in [0.05, 0.1) is 16.7 Å². The molecule has 12 aromatic carbocycles. The Labute approximate surface area is 383 Å². The molecule has 0 radical (unpaired) electrons. The summed E-state index contributed by atoms with van der Waals surface area (Å²) in [5.41, 5.74) is 14.0. The average Bonchev–Trinajstić information content (AvgIpc) is 3.72. The molecule has 2 heteroatoms. The Morgan fingerprint density at radius 1 is 0.258 bits per heavy atom. The number of aromatic nitrogens is 1. The minimum Gasteiger partial charge on any atom is -0.310 e. The molecule has 0 fully saturated rings. The Morgan fingerprint density at radius 3 is 1.47 bits per heavy atom. The van der Waals surface area contributed by atoms with E-state index in [2.05, 4.69) is 264 Å². The van der Waals surface area contributed by atoms with Crippen molar-refractivity contribution in [2.75, 3.05) is 4.90 Å². The van der Waals surface area contributed by atoms with Gasteiger partial charge in [-0.3, -0.25) is 0 Å². The standard InChI is InChI=1S/C64H42N2/c1-3-19-46(20-4-1)63-58-29-12-11-27-54(58)55-39-37-49(41-59(55)64(63)47-21-5-2-6-22-47)65(48-35-33-45(34-36-48)52-30-15-23-43-17-7-9-25-51(43)52)50-38-40-57-56-28-13-14-31-61(56)66(62(57)42-50)60-32-16-24-44-18-8-10-26-53(44)60/h1-42H. The highest BCUT2D eigenvalue weighted by Crippen LogP contribution is 2.48. The molecule has 66 heavy (non-hydrogen) atoms. The first-order valence-corrected chi connectivity index (χ1v) is 22.8. The number of nitrogens with zero attached hydrogens (tertiary/aromatic N) is 2. The Bertz CT molecular complexity index is 3970. The van der Waals surface area contributed by atoms with E-state index in [1.807, 2.05) is 0 Å². The predicted octanol–water partition coefficient (Wildman–Crippen LogP) is 17.9. The number of rotatable bonds is 7. The normalized spacial score (nSPS) is 11.6. The molecule has 0 saturated carbocycles. The Morgan fingerprint density at radius 2 is 0.742 bits per heavy atom. The van der Waals surface area contributed by atoms with Crippen LogP contribution < -0.4 is 4.90 Å². The van der Waals surface area contributed by atoms with Gasteiger partial charge in [-0.1, -0.05) is 206 Å². The highest BCUT2D eigenvalue weighted by molar-refractivity contribution is 6.22. The van der Waals surface area contributed by atoms with Crippen molar-refractivity contribution in [2.24, 2.45) is 0 Å². The third kappa shape index (κ3) is 6.11. The molecular weight excluding hydrogens is 797 g/mol. The fourth-order valence-electron chi connectivity index (χ4n) is 10.6. The van der Waals surface area contributed by atoms with Gasteiger partial charge in [-0.05, 0) is 120 Å². The molecule has 0 bridgehead atoms. The lowest BCUT2D eigenvalue weighted by Crippen LogP contribution is -2.10. The monoisotopic (exact) mass is 838 g/mol. The van der Waals surface area contributed by atoms with E-state index >= 15 is 0 Å². The topological polar surface area (TPSA) is 8.17 Å². The first-order chi connectivity index (χ1) is 32.8. The van der Waals surface area contributed by atoms with Crippen molar-refractivity contribution in [3.8, 4) is 39.1 Å². The number of para-hydroxylation sites is 1. The fraction of sp³-hybridized carbons (Fsp3) is 0. The largest absolute Gasteiger partial charge is 0.310 e. The molecule has 0 N–H and O–H groups in total. The highest BCUT2D eigenvalue weighted by Gasteiger charge is 2.22. The van der Waals surface area contributed by atoms with E-state index in [0.717, 1.165) is 22.6 Å². The van der Waals surface area contributed by atoms with Gasteiger partial charge in [-0.25, -0.2) is 0 Å². The van der Waals surface area contributed by atoms with Gasteiger partial charge in [-0.15, -0.1) is 0 Å². The maximum absolute atomic E-state index is 2.46. The molecule has 13 aromatic rings. The third-order valence-electron chi connectivity index (χ3n) is 13.5. The molecule has 308 valence electrons. The van der Waals surface area contributed by atoms with Gasteiger partial charge in [-0.2, -0.15) is 0 Å². The average molecular weight is 839 g/mol. The second-order valence-corrected chi connectivity index (χ2v) is 17.2. The van der Waals surface area contributed by atoms with Crippen LogP contribution in [0.4, 0.5) is 17.1 Å². The van der Waals surface area contributed by atoms with E-state index in [0.29, 0.717) is 0 Å². The van der Waals surface area contributed by atoms with E-state index in [4.69, 9.17) is 0 Å². The summed E-state index contributed by atoms with van der Waals surface area (Å²) >= 11 is 0. The summed E-state index contributed by atoms with van der Waals surface area (Å²) in [5.74, 6) is 0. The molecule has 13 rings (SSSR count). The van der Waals surface area contributed by atoms with Crippen molar-refractivity contribution < 1.29 is 0 Å². The van der Waals surface area contributed by atoms with Crippen LogP contribution in [0.3, 0.4) is 0 Å². The van der Waals surface area contributed by atoms with Crippen LogP contribution in [0.15, 0.2) is 255 Å². The van der Waals surface area contributed by atoms with Gasteiger partial charge in [0.1, 0.15) is 0 Å². The quantitative estimate of drug-likeness (QED) is 0.145. The second-order valence-electron chi connectivity index (χ2n) is 17.2. The van der Waals surface area contributed by atoms with Crippen molar-refractivity contribution in [3.05, 3.63) is 255 Å². The summed E-state index contributed by atoms with van der Waals surface area (Å²) in [4.78, 5) is 2.45. The van der Waals surface area contributed by atoms with Crippen molar-refractivity contribution in [1.29, 1.82) is 0 Å². The summed E-state index contributed by atoms with van der Waals surface area (Å²) < 4.78 is 2.46. The van der Waals surface area contributed by atoms with Gasteiger partial charge in [0.2, 0.25) is 0 Å². The molecule has 0 spiro atoms. The molecular formula is C64H42N2. The third-order valence-corrected chi connectivity index (χ3v) is 13.5. The first-order valence-electron chi connectivity index (χ1n) is 22.8. The number of benzene rings is 12. The maximum atomic E-state index is 2.46. The zero-order chi connectivity index (χ0) is 43.6. The minimum absolute atomic E-state index is 1.08. The van der Waals surface area contributed by atoms with Crippen LogP contribution in [-0.4, -0.2) is 4.57 Å². The number of fused-ring (bicyclic) bond motifs is 8. The molecule has 0 aliphatic heterocycles. The highest BCUT2D eigenvalue weighted by atomic mass is 15.1. The first kappa shape index (κ1) is 37.8. The Hall–Kier alpha value is -8.72. The zero-order valence-corrected chi connectivity index (χ0v) is 36.1. The zero-order valence-electron chi connectivity index (χ0n) is 36.1. The molecule has 1 heterocycles. The number of hydrogen-bond acceptors (Lipinski definition) is 1.